The number of nitrogens with zero attached hydrogens (tertiary/aromatic N) is 1. The van der Waals surface area contributed by atoms with Gasteiger partial charge in [-0.1, -0.05) is 0 Å². The van der Waals surface area contributed by atoms with Crippen molar-refractivity contribution in [3.63, 3.8) is 0 Å². The van der Waals surface area contributed by atoms with E-state index in [2.05, 4.69) is 0 Å². The van der Waals surface area contributed by atoms with Gasteiger partial charge < -0.3 is 14.4 Å². The molecule has 1 saturated heterocycles. The molecule has 1 aliphatic carbocycles. The summed E-state index contributed by atoms with van der Waals surface area (Å²) >= 11 is 0. The molecule has 1 heterocycles. The molecule has 0 unspecified atom stereocenters. The van der Waals surface area contributed by atoms with Gasteiger partial charge in [-0.15, -0.1) is 0 Å². The maximum absolute atomic E-state index is 12.1. The Morgan fingerprint density at radius 3 is 2.44 bits per heavy atom. The van der Waals surface area contributed by atoms with Gasteiger partial charge in [-0.05, 0) is 33.8 Å². The van der Waals surface area contributed by atoms with Crippen LogP contribution in [0.25, 0.3) is 0 Å². The molecular formula is C13H19NO4. The SMILES string of the molecule is CCN(CC)C(=O)C1=C[C@H]2OC(C)(C)O[C@H]2C1=O. The highest BCUT2D eigenvalue weighted by atomic mass is 16.8. The number of hydrogen-bond donors (Lipinski definition) is 0. The summed E-state index contributed by atoms with van der Waals surface area (Å²) in [6.07, 6.45) is 0.513. The second kappa shape index (κ2) is 4.48. The van der Waals surface area contributed by atoms with Crippen LogP contribution in [0.4, 0.5) is 0 Å². The van der Waals surface area contributed by atoms with Crippen LogP contribution in [-0.4, -0.2) is 47.7 Å². The molecule has 5 heteroatoms. The topological polar surface area (TPSA) is 55.8 Å². The minimum Gasteiger partial charge on any atom is -0.340 e. The van der Waals surface area contributed by atoms with Crippen LogP contribution in [0.3, 0.4) is 0 Å². The van der Waals surface area contributed by atoms with E-state index in [1.165, 1.54) is 0 Å². The van der Waals surface area contributed by atoms with Gasteiger partial charge in [-0.25, -0.2) is 0 Å². The van der Waals surface area contributed by atoms with Gasteiger partial charge >= 0.3 is 0 Å². The van der Waals surface area contributed by atoms with Crippen molar-refractivity contribution in [1.82, 2.24) is 4.90 Å². The monoisotopic (exact) mass is 253 g/mol. The Labute approximate surface area is 107 Å². The number of ketones is 1. The van der Waals surface area contributed by atoms with Crippen molar-refractivity contribution in [2.24, 2.45) is 0 Å². The molecule has 0 aromatic rings. The maximum atomic E-state index is 12.1. The van der Waals surface area contributed by atoms with Gasteiger partial charge in [-0.3, -0.25) is 9.59 Å². The molecule has 0 spiro atoms. The third-order valence-electron chi connectivity index (χ3n) is 3.26. The van der Waals surface area contributed by atoms with Crippen LogP contribution in [0.5, 0.6) is 0 Å². The molecule has 1 fully saturated rings. The summed E-state index contributed by atoms with van der Waals surface area (Å²) in [4.78, 5) is 25.9. The molecule has 18 heavy (non-hydrogen) atoms. The molecule has 2 rings (SSSR count). The van der Waals surface area contributed by atoms with Gasteiger partial charge in [0.05, 0.1) is 5.57 Å². The summed E-state index contributed by atoms with van der Waals surface area (Å²) in [6.45, 7) is 8.47. The van der Waals surface area contributed by atoms with E-state index in [1.54, 1.807) is 24.8 Å². The van der Waals surface area contributed by atoms with Gasteiger partial charge in [0.15, 0.2) is 17.7 Å². The average molecular weight is 253 g/mol. The number of carbonyl (C=O) groups is 2. The average Bonchev–Trinajstić information content (AvgIpc) is 2.75. The number of carbonyl (C=O) groups excluding carboxylic acids is 2. The van der Waals surface area contributed by atoms with Crippen molar-refractivity contribution in [3.8, 4) is 0 Å². The number of amides is 1. The lowest BCUT2D eigenvalue weighted by Crippen LogP contribution is -2.36. The Morgan fingerprint density at radius 1 is 1.33 bits per heavy atom. The molecule has 0 bridgehead atoms. The van der Waals surface area contributed by atoms with Crippen LogP contribution in [0.2, 0.25) is 0 Å². The van der Waals surface area contributed by atoms with Crippen molar-refractivity contribution in [1.29, 1.82) is 0 Å². The maximum Gasteiger partial charge on any atom is 0.257 e. The van der Waals surface area contributed by atoms with Crippen molar-refractivity contribution < 1.29 is 19.1 Å². The highest BCUT2D eigenvalue weighted by Crippen LogP contribution is 2.35. The molecule has 2 aliphatic rings. The van der Waals surface area contributed by atoms with E-state index in [1.807, 2.05) is 13.8 Å². The number of rotatable bonds is 3. The smallest absolute Gasteiger partial charge is 0.257 e. The van der Waals surface area contributed by atoms with Crippen molar-refractivity contribution in [2.45, 2.75) is 45.7 Å². The first-order valence-electron chi connectivity index (χ1n) is 6.30. The van der Waals surface area contributed by atoms with Crippen molar-refractivity contribution >= 4 is 11.7 Å². The summed E-state index contributed by atoms with van der Waals surface area (Å²) < 4.78 is 11.1. The first-order valence-corrected chi connectivity index (χ1v) is 6.30. The quantitative estimate of drug-likeness (QED) is 0.701. The molecule has 1 aliphatic heterocycles. The molecule has 5 nitrogen and oxygen atoms in total. The van der Waals surface area contributed by atoms with Gasteiger partial charge in [0.1, 0.15) is 6.10 Å². The number of ether oxygens (including phenoxy) is 2. The molecular weight excluding hydrogens is 234 g/mol. The number of fused-ring (bicyclic) bond motifs is 1. The fourth-order valence-electron chi connectivity index (χ4n) is 2.37. The van der Waals surface area contributed by atoms with Gasteiger partial charge in [-0.2, -0.15) is 0 Å². The number of Topliss-reactive ketones (excluding diaryl/α,β-unsaturated/α-hetero) is 1. The van der Waals surface area contributed by atoms with E-state index in [-0.39, 0.29) is 17.3 Å². The standard InChI is InChI=1S/C13H19NO4/c1-5-14(6-2)12(16)8-7-9-11(10(8)15)18-13(3,4)17-9/h7,9,11H,5-6H2,1-4H3/t9-,11-/m1/s1. The van der Waals surface area contributed by atoms with Crippen LogP contribution in [0, 0.1) is 0 Å². The first kappa shape index (κ1) is 13.2. The molecule has 2 atom stereocenters. The van der Waals surface area contributed by atoms with E-state index in [0.29, 0.717) is 13.1 Å². The molecule has 0 aromatic carbocycles. The Morgan fingerprint density at radius 2 is 1.94 bits per heavy atom. The Balaban J connectivity index is 2.18. The Kier molecular flexibility index (Phi) is 3.29. The largest absolute Gasteiger partial charge is 0.340 e. The van der Waals surface area contributed by atoms with Crippen LogP contribution >= 0.6 is 0 Å². The van der Waals surface area contributed by atoms with Crippen LogP contribution in [-0.2, 0) is 19.1 Å². The van der Waals surface area contributed by atoms with E-state index in [0.717, 1.165) is 0 Å². The fraction of sp³-hybridized carbons (Fsp3) is 0.692. The zero-order valence-electron chi connectivity index (χ0n) is 11.2. The van der Waals surface area contributed by atoms with Crippen molar-refractivity contribution in [3.05, 3.63) is 11.6 Å². The lowest BCUT2D eigenvalue weighted by molar-refractivity contribution is -0.154. The summed E-state index contributed by atoms with van der Waals surface area (Å²) in [6, 6.07) is 0. The molecule has 1 amide bonds. The van der Waals surface area contributed by atoms with E-state index in [9.17, 15) is 9.59 Å². The molecule has 0 saturated carbocycles. The van der Waals surface area contributed by atoms with E-state index < -0.39 is 18.0 Å². The molecule has 100 valence electrons. The highest BCUT2D eigenvalue weighted by Gasteiger charge is 2.50. The third kappa shape index (κ3) is 2.08. The summed E-state index contributed by atoms with van der Waals surface area (Å²) in [5, 5.41) is 0. The molecule has 0 aromatic heterocycles. The summed E-state index contributed by atoms with van der Waals surface area (Å²) in [5.74, 6) is -1.25. The number of hydrogen-bond acceptors (Lipinski definition) is 4. The van der Waals surface area contributed by atoms with E-state index >= 15 is 0 Å². The van der Waals surface area contributed by atoms with Crippen LogP contribution in [0.15, 0.2) is 11.6 Å². The highest BCUT2D eigenvalue weighted by molar-refractivity contribution is 6.22. The van der Waals surface area contributed by atoms with Crippen LogP contribution < -0.4 is 0 Å². The van der Waals surface area contributed by atoms with E-state index in [4.69, 9.17) is 9.47 Å². The zero-order valence-corrected chi connectivity index (χ0v) is 11.2. The third-order valence-corrected chi connectivity index (χ3v) is 3.26. The molecule has 0 N–H and O–H groups in total. The fourth-order valence-corrected chi connectivity index (χ4v) is 2.37. The first-order chi connectivity index (χ1) is 8.39. The minimum absolute atomic E-state index is 0.198. The Hall–Kier alpha value is -1.20. The summed E-state index contributed by atoms with van der Waals surface area (Å²) in [7, 11) is 0. The predicted molar refractivity (Wildman–Crippen MR) is 64.8 cm³/mol. The van der Waals surface area contributed by atoms with Gasteiger partial charge in [0.2, 0.25) is 0 Å². The minimum atomic E-state index is -0.759. The normalized spacial score (nSPS) is 29.1. The summed E-state index contributed by atoms with van der Waals surface area (Å²) in [5.41, 5.74) is 0.198. The second-order valence-electron chi connectivity index (χ2n) is 4.94. The number of likely N-dealkylation sites (N-methyl/N-ethyl adjacent to an activating group) is 1. The van der Waals surface area contributed by atoms with Gasteiger partial charge in [0, 0.05) is 13.1 Å². The van der Waals surface area contributed by atoms with Crippen LogP contribution in [0.1, 0.15) is 27.7 Å². The predicted octanol–water partition coefficient (Wildman–Crippen LogP) is 0.884. The zero-order chi connectivity index (χ0) is 13.5. The second-order valence-corrected chi connectivity index (χ2v) is 4.94. The lowest BCUT2D eigenvalue weighted by atomic mass is 10.1. The molecule has 0 radical (unpaired) electrons. The van der Waals surface area contributed by atoms with Gasteiger partial charge in [0.25, 0.3) is 5.91 Å². The lowest BCUT2D eigenvalue weighted by Gasteiger charge is -2.20. The van der Waals surface area contributed by atoms with Crippen molar-refractivity contribution in [2.75, 3.05) is 13.1 Å². The Bertz CT molecular complexity index is 409.